The van der Waals surface area contributed by atoms with Crippen LogP contribution in [0.4, 0.5) is 5.95 Å². The third-order valence-electron chi connectivity index (χ3n) is 4.37. The molecule has 1 saturated carbocycles. The highest BCUT2D eigenvalue weighted by Crippen LogP contribution is 2.41. The Balaban J connectivity index is 1.94. The number of aromatic nitrogens is 2. The van der Waals surface area contributed by atoms with Gasteiger partial charge in [-0.25, -0.2) is 14.8 Å². The highest BCUT2D eigenvalue weighted by atomic mass is 16.4. The van der Waals surface area contributed by atoms with Crippen LogP contribution in [0.2, 0.25) is 0 Å². The standard InChI is InChI=1S/C14H19N3O2/c1-9-7-15-14(16-8-9)17-11-5-3-2-4-10(11)6-12(17)13(18)19/h7-8,10-12H,2-6H2,1H3,(H,18,19). The summed E-state index contributed by atoms with van der Waals surface area (Å²) in [6.45, 7) is 1.94. The lowest BCUT2D eigenvalue weighted by molar-refractivity contribution is -0.138. The van der Waals surface area contributed by atoms with Crippen LogP contribution in [0.25, 0.3) is 0 Å². The van der Waals surface area contributed by atoms with E-state index in [2.05, 4.69) is 9.97 Å². The number of aryl methyl sites for hydroxylation is 1. The topological polar surface area (TPSA) is 66.3 Å². The van der Waals surface area contributed by atoms with Crippen LogP contribution in [-0.2, 0) is 4.79 Å². The fourth-order valence-electron chi connectivity index (χ4n) is 3.49. The maximum Gasteiger partial charge on any atom is 0.326 e. The van der Waals surface area contributed by atoms with Gasteiger partial charge in [-0.05, 0) is 37.7 Å². The van der Waals surface area contributed by atoms with Crippen LogP contribution in [0.15, 0.2) is 12.4 Å². The van der Waals surface area contributed by atoms with Gasteiger partial charge in [-0.2, -0.15) is 0 Å². The summed E-state index contributed by atoms with van der Waals surface area (Å²) >= 11 is 0. The molecule has 1 aliphatic carbocycles. The number of hydrogen-bond donors (Lipinski definition) is 1. The first-order valence-electron chi connectivity index (χ1n) is 6.96. The molecule has 5 heteroatoms. The maximum absolute atomic E-state index is 11.5. The summed E-state index contributed by atoms with van der Waals surface area (Å²) in [4.78, 5) is 22.1. The maximum atomic E-state index is 11.5. The highest BCUT2D eigenvalue weighted by molar-refractivity contribution is 5.78. The van der Waals surface area contributed by atoms with Crippen LogP contribution in [-0.4, -0.2) is 33.1 Å². The van der Waals surface area contributed by atoms with Crippen LogP contribution in [0.5, 0.6) is 0 Å². The molecule has 0 spiro atoms. The third kappa shape index (κ3) is 2.17. The number of hydrogen-bond acceptors (Lipinski definition) is 4. The zero-order valence-electron chi connectivity index (χ0n) is 11.1. The number of rotatable bonds is 2. The van der Waals surface area contributed by atoms with Gasteiger partial charge in [-0.1, -0.05) is 12.8 Å². The number of nitrogens with zero attached hydrogens (tertiary/aromatic N) is 3. The zero-order chi connectivity index (χ0) is 13.4. The summed E-state index contributed by atoms with van der Waals surface area (Å²) in [5.41, 5.74) is 0.995. The van der Waals surface area contributed by atoms with Gasteiger partial charge in [0.25, 0.3) is 0 Å². The first-order valence-corrected chi connectivity index (χ1v) is 6.96. The zero-order valence-corrected chi connectivity index (χ0v) is 11.1. The fourth-order valence-corrected chi connectivity index (χ4v) is 3.49. The Bertz CT molecular complexity index is 474. The second-order valence-corrected chi connectivity index (χ2v) is 5.67. The van der Waals surface area contributed by atoms with Crippen molar-refractivity contribution in [1.82, 2.24) is 9.97 Å². The monoisotopic (exact) mass is 261 g/mol. The van der Waals surface area contributed by atoms with Crippen LogP contribution in [0, 0.1) is 12.8 Å². The predicted octanol–water partition coefficient (Wildman–Crippen LogP) is 2.01. The van der Waals surface area contributed by atoms with Crippen LogP contribution in [0.1, 0.15) is 37.7 Å². The molecule has 3 rings (SSSR count). The summed E-state index contributed by atoms with van der Waals surface area (Å²) in [6, 6.07) is -0.159. The van der Waals surface area contributed by atoms with E-state index in [1.807, 2.05) is 11.8 Å². The van der Waals surface area contributed by atoms with E-state index in [1.165, 1.54) is 12.8 Å². The molecular formula is C14H19N3O2. The molecule has 19 heavy (non-hydrogen) atoms. The van der Waals surface area contributed by atoms with E-state index in [-0.39, 0.29) is 0 Å². The second-order valence-electron chi connectivity index (χ2n) is 5.67. The third-order valence-corrected chi connectivity index (χ3v) is 4.37. The van der Waals surface area contributed by atoms with Gasteiger partial charge in [0.15, 0.2) is 0 Å². The average molecular weight is 261 g/mol. The van der Waals surface area contributed by atoms with Gasteiger partial charge in [0.05, 0.1) is 0 Å². The van der Waals surface area contributed by atoms with Crippen molar-refractivity contribution in [3.8, 4) is 0 Å². The molecule has 0 amide bonds. The lowest BCUT2D eigenvalue weighted by Crippen LogP contribution is -2.43. The number of carboxylic acid groups (broad SMARTS) is 1. The molecule has 1 aliphatic heterocycles. The number of carbonyl (C=O) groups is 1. The highest BCUT2D eigenvalue weighted by Gasteiger charge is 2.46. The Kier molecular flexibility index (Phi) is 3.12. The molecule has 0 bridgehead atoms. The minimum absolute atomic E-state index is 0.303. The van der Waals surface area contributed by atoms with Gasteiger partial charge >= 0.3 is 5.97 Å². The molecule has 102 valence electrons. The molecule has 5 nitrogen and oxygen atoms in total. The quantitative estimate of drug-likeness (QED) is 0.882. The van der Waals surface area contributed by atoms with Crippen molar-refractivity contribution in [2.24, 2.45) is 5.92 Å². The average Bonchev–Trinajstić information content (AvgIpc) is 2.79. The van der Waals surface area contributed by atoms with Crippen molar-refractivity contribution in [2.75, 3.05) is 4.90 Å². The van der Waals surface area contributed by atoms with Crippen molar-refractivity contribution in [2.45, 2.75) is 51.1 Å². The van der Waals surface area contributed by atoms with Gasteiger partial charge < -0.3 is 10.0 Å². The Hall–Kier alpha value is -1.65. The molecule has 3 unspecified atom stereocenters. The SMILES string of the molecule is Cc1cnc(N2C(C(=O)O)CC3CCCCC32)nc1. The first kappa shape index (κ1) is 12.4. The molecule has 2 fully saturated rings. The van der Waals surface area contributed by atoms with Crippen molar-refractivity contribution < 1.29 is 9.90 Å². The van der Waals surface area contributed by atoms with Gasteiger partial charge in [0.2, 0.25) is 5.95 Å². The Morgan fingerprint density at radius 1 is 1.32 bits per heavy atom. The smallest absolute Gasteiger partial charge is 0.326 e. The normalized spacial score (nSPS) is 30.2. The van der Waals surface area contributed by atoms with E-state index in [0.717, 1.165) is 24.8 Å². The van der Waals surface area contributed by atoms with Gasteiger partial charge in [0.1, 0.15) is 6.04 Å². The Morgan fingerprint density at radius 2 is 2.00 bits per heavy atom. The van der Waals surface area contributed by atoms with E-state index in [4.69, 9.17) is 0 Å². The Morgan fingerprint density at radius 3 is 2.68 bits per heavy atom. The summed E-state index contributed by atoms with van der Waals surface area (Å²) in [6.07, 6.45) is 8.85. The van der Waals surface area contributed by atoms with E-state index < -0.39 is 12.0 Å². The summed E-state index contributed by atoms with van der Waals surface area (Å²) in [7, 11) is 0. The largest absolute Gasteiger partial charge is 0.480 e. The fraction of sp³-hybridized carbons (Fsp3) is 0.643. The van der Waals surface area contributed by atoms with E-state index >= 15 is 0 Å². The van der Waals surface area contributed by atoms with Gasteiger partial charge in [0, 0.05) is 18.4 Å². The number of carboxylic acids is 1. The minimum Gasteiger partial charge on any atom is -0.480 e. The molecule has 1 aromatic heterocycles. The first-order chi connectivity index (χ1) is 9.16. The molecule has 1 N–H and O–H groups in total. The van der Waals surface area contributed by atoms with Gasteiger partial charge in [-0.15, -0.1) is 0 Å². The van der Waals surface area contributed by atoms with Crippen molar-refractivity contribution in [3.63, 3.8) is 0 Å². The number of fused-ring (bicyclic) bond motifs is 1. The molecule has 0 aromatic carbocycles. The summed E-state index contributed by atoms with van der Waals surface area (Å²) in [5.74, 6) is 0.311. The molecule has 2 heterocycles. The molecular weight excluding hydrogens is 242 g/mol. The van der Waals surface area contributed by atoms with Gasteiger partial charge in [-0.3, -0.25) is 0 Å². The molecule has 0 radical (unpaired) electrons. The lowest BCUT2D eigenvalue weighted by Gasteiger charge is -2.32. The van der Waals surface area contributed by atoms with Crippen molar-refractivity contribution >= 4 is 11.9 Å². The summed E-state index contributed by atoms with van der Waals surface area (Å²) in [5, 5.41) is 9.45. The van der Waals surface area contributed by atoms with E-state index in [0.29, 0.717) is 17.9 Å². The Labute approximate surface area is 112 Å². The molecule has 2 aliphatic rings. The van der Waals surface area contributed by atoms with Crippen LogP contribution in [0.3, 0.4) is 0 Å². The molecule has 1 aromatic rings. The predicted molar refractivity (Wildman–Crippen MR) is 71.0 cm³/mol. The van der Waals surface area contributed by atoms with Crippen molar-refractivity contribution in [1.29, 1.82) is 0 Å². The van der Waals surface area contributed by atoms with Crippen molar-refractivity contribution in [3.05, 3.63) is 18.0 Å². The van der Waals surface area contributed by atoms with E-state index in [9.17, 15) is 9.90 Å². The minimum atomic E-state index is -0.751. The van der Waals surface area contributed by atoms with E-state index in [1.54, 1.807) is 12.4 Å². The molecule has 3 atom stereocenters. The number of aliphatic carboxylic acids is 1. The van der Waals surface area contributed by atoms with Crippen LogP contribution >= 0.6 is 0 Å². The van der Waals surface area contributed by atoms with Crippen LogP contribution < -0.4 is 4.90 Å². The summed E-state index contributed by atoms with van der Waals surface area (Å²) < 4.78 is 0. The number of anilines is 1. The lowest BCUT2D eigenvalue weighted by atomic mass is 9.85. The molecule has 1 saturated heterocycles. The second kappa shape index (κ2) is 4.79.